The maximum atomic E-state index is 12.4. The third kappa shape index (κ3) is 1.62. The zero-order valence-corrected chi connectivity index (χ0v) is 10.5. The zero-order chi connectivity index (χ0) is 11.2. The Morgan fingerprint density at radius 2 is 2.19 bits per heavy atom. The van der Waals surface area contributed by atoms with Crippen molar-refractivity contribution in [1.29, 1.82) is 0 Å². The molecule has 0 aromatic carbocycles. The summed E-state index contributed by atoms with van der Waals surface area (Å²) in [5, 5.41) is 4.00. The van der Waals surface area contributed by atoms with Gasteiger partial charge in [0.1, 0.15) is 0 Å². The average Bonchev–Trinajstić information content (AvgIpc) is 2.81. The van der Waals surface area contributed by atoms with Crippen molar-refractivity contribution in [1.82, 2.24) is 0 Å². The molecule has 3 fully saturated rings. The zero-order valence-electron chi connectivity index (χ0n) is 9.69. The van der Waals surface area contributed by atoms with Crippen LogP contribution in [0.15, 0.2) is 16.8 Å². The fraction of sp³-hybridized carbons (Fsp3) is 0.615. The number of rotatable bonds is 2. The van der Waals surface area contributed by atoms with Crippen LogP contribution in [0, 0.1) is 11.8 Å². The van der Waals surface area contributed by atoms with Crippen molar-refractivity contribution in [2.45, 2.75) is 12.8 Å². The third-order valence-electron chi connectivity index (χ3n) is 4.43. The molecule has 2 bridgehead atoms. The minimum Gasteiger partial charge on any atom is -0.325 e. The summed E-state index contributed by atoms with van der Waals surface area (Å²) in [4.78, 5) is 12.4. The summed E-state index contributed by atoms with van der Waals surface area (Å²) in [5.41, 5.74) is 0.940. The number of thiophene rings is 1. The molecule has 4 heterocycles. The van der Waals surface area contributed by atoms with Gasteiger partial charge in [-0.2, -0.15) is 11.3 Å². The van der Waals surface area contributed by atoms with Gasteiger partial charge < -0.3 is 4.48 Å². The van der Waals surface area contributed by atoms with E-state index < -0.39 is 0 Å². The van der Waals surface area contributed by atoms with E-state index in [-0.39, 0.29) is 0 Å². The predicted molar refractivity (Wildman–Crippen MR) is 65.6 cm³/mol. The van der Waals surface area contributed by atoms with Gasteiger partial charge in [-0.25, -0.2) is 0 Å². The molecule has 1 atom stereocenters. The van der Waals surface area contributed by atoms with Crippen LogP contribution in [0.1, 0.15) is 23.2 Å². The Hall–Kier alpha value is -0.670. The standard InChI is InChI=1S/C13H18NOS/c1-14-5-2-10(3-6-14)12(8-14)13(15)11-4-7-16-9-11/h4,7,9-10,12H,2-3,5-6,8H2,1H3/q+1/t10?,12-,14?/m0/s1. The molecule has 3 aliphatic rings. The Labute approximate surface area is 100 Å². The van der Waals surface area contributed by atoms with E-state index in [1.54, 1.807) is 11.3 Å². The fourth-order valence-corrected chi connectivity index (χ4v) is 3.98. The maximum Gasteiger partial charge on any atom is 0.172 e. The minimum absolute atomic E-state index is 0.294. The highest BCUT2D eigenvalue weighted by Gasteiger charge is 2.46. The molecule has 0 unspecified atom stereocenters. The van der Waals surface area contributed by atoms with Crippen molar-refractivity contribution in [3.8, 4) is 0 Å². The lowest BCUT2D eigenvalue weighted by atomic mass is 9.74. The molecule has 0 aliphatic carbocycles. The van der Waals surface area contributed by atoms with Crippen LogP contribution in [0.5, 0.6) is 0 Å². The first-order valence-electron chi connectivity index (χ1n) is 6.08. The van der Waals surface area contributed by atoms with E-state index in [1.165, 1.54) is 25.9 Å². The maximum absolute atomic E-state index is 12.4. The van der Waals surface area contributed by atoms with Crippen LogP contribution in [0.4, 0.5) is 0 Å². The molecule has 0 saturated carbocycles. The van der Waals surface area contributed by atoms with Crippen LogP contribution >= 0.6 is 11.3 Å². The lowest BCUT2D eigenvalue weighted by molar-refractivity contribution is -0.927. The highest BCUT2D eigenvalue weighted by molar-refractivity contribution is 7.08. The molecule has 3 heteroatoms. The van der Waals surface area contributed by atoms with Crippen LogP contribution in [0.25, 0.3) is 0 Å². The van der Waals surface area contributed by atoms with Gasteiger partial charge in [-0.15, -0.1) is 0 Å². The van der Waals surface area contributed by atoms with Gasteiger partial charge in [0.25, 0.3) is 0 Å². The number of hydrogen-bond donors (Lipinski definition) is 0. The first-order chi connectivity index (χ1) is 7.68. The molecule has 0 radical (unpaired) electrons. The molecule has 1 aromatic heterocycles. The highest BCUT2D eigenvalue weighted by atomic mass is 32.1. The lowest BCUT2D eigenvalue weighted by Gasteiger charge is -2.50. The van der Waals surface area contributed by atoms with Crippen molar-refractivity contribution in [2.75, 3.05) is 26.7 Å². The summed E-state index contributed by atoms with van der Waals surface area (Å²) in [7, 11) is 2.31. The molecule has 16 heavy (non-hydrogen) atoms. The van der Waals surface area contributed by atoms with E-state index in [0.717, 1.165) is 16.6 Å². The molecule has 3 saturated heterocycles. The number of nitrogens with zero attached hydrogens (tertiary/aromatic N) is 1. The Morgan fingerprint density at radius 1 is 1.44 bits per heavy atom. The van der Waals surface area contributed by atoms with E-state index in [2.05, 4.69) is 7.05 Å². The smallest absolute Gasteiger partial charge is 0.172 e. The summed E-state index contributed by atoms with van der Waals surface area (Å²) in [6, 6.07) is 1.98. The Kier molecular flexibility index (Phi) is 2.41. The van der Waals surface area contributed by atoms with Gasteiger partial charge >= 0.3 is 0 Å². The number of carbonyl (C=O) groups excluding carboxylic acids is 1. The second kappa shape index (κ2) is 3.67. The lowest BCUT2D eigenvalue weighted by Crippen LogP contribution is -2.60. The van der Waals surface area contributed by atoms with Gasteiger partial charge in [-0.05, 0) is 17.4 Å². The van der Waals surface area contributed by atoms with Crippen LogP contribution in [-0.2, 0) is 0 Å². The van der Waals surface area contributed by atoms with Gasteiger partial charge in [-0.1, -0.05) is 0 Å². The first kappa shape index (κ1) is 10.5. The third-order valence-corrected chi connectivity index (χ3v) is 5.11. The van der Waals surface area contributed by atoms with E-state index in [0.29, 0.717) is 17.6 Å². The number of fused-ring (bicyclic) bond motifs is 3. The predicted octanol–water partition coefficient (Wildman–Crippen LogP) is 2.42. The van der Waals surface area contributed by atoms with Crippen molar-refractivity contribution >= 4 is 17.1 Å². The second-order valence-electron chi connectivity index (χ2n) is 5.57. The van der Waals surface area contributed by atoms with Crippen molar-refractivity contribution in [3.63, 3.8) is 0 Å². The number of carbonyl (C=O) groups is 1. The monoisotopic (exact) mass is 236 g/mol. The number of quaternary nitrogens is 1. The molecule has 3 aliphatic heterocycles. The Bertz CT molecular complexity index is 390. The Morgan fingerprint density at radius 3 is 2.75 bits per heavy atom. The van der Waals surface area contributed by atoms with Gasteiger partial charge in [0.15, 0.2) is 5.78 Å². The van der Waals surface area contributed by atoms with Gasteiger partial charge in [0, 0.05) is 23.8 Å². The summed E-state index contributed by atoms with van der Waals surface area (Å²) in [6.07, 6.45) is 2.49. The fourth-order valence-electron chi connectivity index (χ4n) is 3.34. The number of piperidine rings is 3. The summed E-state index contributed by atoms with van der Waals surface area (Å²) < 4.78 is 1.12. The number of ketones is 1. The largest absolute Gasteiger partial charge is 0.325 e. The van der Waals surface area contributed by atoms with E-state index >= 15 is 0 Å². The van der Waals surface area contributed by atoms with Gasteiger partial charge in [0.05, 0.1) is 32.6 Å². The minimum atomic E-state index is 0.294. The number of hydrogen-bond acceptors (Lipinski definition) is 2. The van der Waals surface area contributed by atoms with Crippen molar-refractivity contribution < 1.29 is 9.28 Å². The first-order valence-corrected chi connectivity index (χ1v) is 7.02. The second-order valence-corrected chi connectivity index (χ2v) is 6.35. The SMILES string of the molecule is C[N+]12CCC(CC1)[C@@H](C(=O)c1ccsc1)C2. The normalized spacial score (nSPS) is 37.6. The van der Waals surface area contributed by atoms with Crippen LogP contribution < -0.4 is 0 Å². The summed E-state index contributed by atoms with van der Waals surface area (Å²) in [5.74, 6) is 1.35. The molecular weight excluding hydrogens is 218 g/mol. The molecule has 0 amide bonds. The molecule has 0 spiro atoms. The molecule has 1 aromatic rings. The molecule has 0 N–H and O–H groups in total. The molecule has 2 nitrogen and oxygen atoms in total. The van der Waals surface area contributed by atoms with Crippen LogP contribution in [-0.4, -0.2) is 36.9 Å². The van der Waals surface area contributed by atoms with E-state index in [1.807, 2.05) is 16.8 Å². The summed E-state index contributed by atoms with van der Waals surface area (Å²) in [6.45, 7) is 3.62. The van der Waals surface area contributed by atoms with Crippen LogP contribution in [0.3, 0.4) is 0 Å². The average molecular weight is 236 g/mol. The molecular formula is C13H18NOS+. The number of Topliss-reactive ketones (excluding diaryl/α,β-unsaturated/α-hetero) is 1. The van der Waals surface area contributed by atoms with Crippen LogP contribution in [0.2, 0.25) is 0 Å². The van der Waals surface area contributed by atoms with Crippen molar-refractivity contribution in [2.24, 2.45) is 11.8 Å². The van der Waals surface area contributed by atoms with E-state index in [9.17, 15) is 4.79 Å². The van der Waals surface area contributed by atoms with E-state index in [4.69, 9.17) is 0 Å². The summed E-state index contributed by atoms with van der Waals surface area (Å²) >= 11 is 1.63. The topological polar surface area (TPSA) is 17.1 Å². The quantitative estimate of drug-likeness (QED) is 0.569. The molecule has 86 valence electrons. The van der Waals surface area contributed by atoms with Gasteiger partial charge in [-0.3, -0.25) is 4.79 Å². The van der Waals surface area contributed by atoms with Gasteiger partial charge in [0.2, 0.25) is 0 Å². The Balaban J connectivity index is 1.83. The molecule has 4 rings (SSSR count). The van der Waals surface area contributed by atoms with Crippen molar-refractivity contribution in [3.05, 3.63) is 22.4 Å². The highest BCUT2D eigenvalue weighted by Crippen LogP contribution is 2.38.